The minimum absolute atomic E-state index is 0.0221. The molecule has 0 unspecified atom stereocenters. The number of rotatable bonds is 9. The number of ether oxygens (including phenoxy) is 2. The maximum Gasteiger partial charge on any atom is 0.249 e. The fraction of sp³-hybridized carbons (Fsp3) is 0.562. The highest BCUT2D eigenvalue weighted by molar-refractivity contribution is 6.30. The summed E-state index contributed by atoms with van der Waals surface area (Å²) < 4.78 is 10.6. The van der Waals surface area contributed by atoms with Crippen LogP contribution in [0, 0.1) is 0 Å². The zero-order valence-electron chi connectivity index (χ0n) is 12.9. The Balaban J connectivity index is 2.32. The Morgan fingerprint density at radius 2 is 2.10 bits per heavy atom. The molecule has 1 aromatic carbocycles. The van der Waals surface area contributed by atoms with Gasteiger partial charge in [0.25, 0.3) is 0 Å². The smallest absolute Gasteiger partial charge is 0.249 e. The molecule has 21 heavy (non-hydrogen) atoms. The van der Waals surface area contributed by atoms with Crippen molar-refractivity contribution >= 4 is 17.5 Å². The standard InChI is InChI=1S/C16H24ClNO3/c1-4-20-8-9-21-13(3)16(19)18-12(2)10-14-6-5-7-15(17)11-14/h5-7,11-13H,4,8-10H2,1-3H3,(H,18,19)/t12-,13+/m0/s1. The fourth-order valence-electron chi connectivity index (χ4n) is 1.93. The Morgan fingerprint density at radius 3 is 2.76 bits per heavy atom. The van der Waals surface area contributed by atoms with Gasteiger partial charge >= 0.3 is 0 Å². The number of hydrogen-bond donors (Lipinski definition) is 1. The third kappa shape index (κ3) is 7.46. The minimum Gasteiger partial charge on any atom is -0.379 e. The second kappa shape index (κ2) is 9.77. The van der Waals surface area contributed by atoms with Crippen LogP contribution in [0.5, 0.6) is 0 Å². The monoisotopic (exact) mass is 313 g/mol. The molecule has 1 rings (SSSR count). The van der Waals surface area contributed by atoms with E-state index in [1.807, 2.05) is 38.1 Å². The molecular formula is C16H24ClNO3. The fourth-order valence-corrected chi connectivity index (χ4v) is 2.15. The summed E-state index contributed by atoms with van der Waals surface area (Å²) >= 11 is 5.95. The predicted molar refractivity (Wildman–Crippen MR) is 84.7 cm³/mol. The molecule has 1 amide bonds. The van der Waals surface area contributed by atoms with Crippen LogP contribution in [0.15, 0.2) is 24.3 Å². The quantitative estimate of drug-likeness (QED) is 0.713. The molecule has 4 nitrogen and oxygen atoms in total. The normalized spacial score (nSPS) is 13.7. The second-order valence-electron chi connectivity index (χ2n) is 4.95. The van der Waals surface area contributed by atoms with E-state index in [1.165, 1.54) is 0 Å². The number of halogens is 1. The van der Waals surface area contributed by atoms with E-state index >= 15 is 0 Å². The van der Waals surface area contributed by atoms with Crippen molar-refractivity contribution in [1.29, 1.82) is 0 Å². The molecule has 0 radical (unpaired) electrons. The maximum atomic E-state index is 12.0. The first-order valence-corrected chi connectivity index (χ1v) is 7.65. The lowest BCUT2D eigenvalue weighted by Gasteiger charge is -2.18. The van der Waals surface area contributed by atoms with Crippen LogP contribution < -0.4 is 5.32 Å². The Morgan fingerprint density at radius 1 is 1.33 bits per heavy atom. The van der Waals surface area contributed by atoms with Crippen molar-refractivity contribution in [3.05, 3.63) is 34.9 Å². The average molecular weight is 314 g/mol. The molecule has 0 aliphatic carbocycles. The molecule has 0 aromatic heterocycles. The van der Waals surface area contributed by atoms with Gasteiger partial charge in [-0.15, -0.1) is 0 Å². The molecule has 0 aliphatic heterocycles. The molecule has 0 saturated heterocycles. The zero-order valence-corrected chi connectivity index (χ0v) is 13.7. The van der Waals surface area contributed by atoms with E-state index in [0.717, 1.165) is 12.0 Å². The molecule has 1 N–H and O–H groups in total. The van der Waals surface area contributed by atoms with Gasteiger partial charge in [0.05, 0.1) is 13.2 Å². The largest absolute Gasteiger partial charge is 0.379 e. The van der Waals surface area contributed by atoms with E-state index in [1.54, 1.807) is 6.92 Å². The molecule has 0 bridgehead atoms. The van der Waals surface area contributed by atoms with Crippen LogP contribution in [0.1, 0.15) is 26.3 Å². The number of benzene rings is 1. The van der Waals surface area contributed by atoms with Gasteiger partial charge in [-0.05, 0) is 44.9 Å². The number of amides is 1. The third-order valence-corrected chi connectivity index (χ3v) is 3.22. The summed E-state index contributed by atoms with van der Waals surface area (Å²) in [7, 11) is 0. The highest BCUT2D eigenvalue weighted by Gasteiger charge is 2.15. The lowest BCUT2D eigenvalue weighted by atomic mass is 10.1. The van der Waals surface area contributed by atoms with Crippen molar-refractivity contribution in [3.63, 3.8) is 0 Å². The van der Waals surface area contributed by atoms with Crippen LogP contribution in [0.25, 0.3) is 0 Å². The van der Waals surface area contributed by atoms with E-state index in [2.05, 4.69) is 5.32 Å². The molecule has 0 heterocycles. The number of hydrogen-bond acceptors (Lipinski definition) is 3. The summed E-state index contributed by atoms with van der Waals surface area (Å²) in [5.74, 6) is -0.110. The average Bonchev–Trinajstić information content (AvgIpc) is 2.43. The van der Waals surface area contributed by atoms with Crippen LogP contribution in [0.3, 0.4) is 0 Å². The summed E-state index contributed by atoms with van der Waals surface area (Å²) in [6, 6.07) is 7.67. The molecule has 0 aliphatic rings. The van der Waals surface area contributed by atoms with Gasteiger partial charge in [-0.1, -0.05) is 23.7 Å². The zero-order chi connectivity index (χ0) is 15.7. The van der Waals surface area contributed by atoms with Crippen LogP contribution in [0.2, 0.25) is 5.02 Å². The van der Waals surface area contributed by atoms with Gasteiger partial charge in [-0.2, -0.15) is 0 Å². The van der Waals surface area contributed by atoms with Gasteiger partial charge in [0.1, 0.15) is 6.10 Å². The van der Waals surface area contributed by atoms with Crippen LogP contribution in [-0.4, -0.2) is 37.9 Å². The van der Waals surface area contributed by atoms with Gasteiger partial charge in [0, 0.05) is 17.7 Å². The van der Waals surface area contributed by atoms with Gasteiger partial charge in [-0.25, -0.2) is 0 Å². The molecule has 2 atom stereocenters. The van der Waals surface area contributed by atoms with E-state index in [0.29, 0.717) is 24.8 Å². The molecule has 1 aromatic rings. The highest BCUT2D eigenvalue weighted by Crippen LogP contribution is 2.12. The summed E-state index contributed by atoms with van der Waals surface area (Å²) in [6.45, 7) is 7.21. The van der Waals surface area contributed by atoms with Gasteiger partial charge in [0.15, 0.2) is 0 Å². The van der Waals surface area contributed by atoms with Gasteiger partial charge < -0.3 is 14.8 Å². The third-order valence-electron chi connectivity index (χ3n) is 2.99. The van der Waals surface area contributed by atoms with Crippen molar-refractivity contribution in [3.8, 4) is 0 Å². The lowest BCUT2D eigenvalue weighted by molar-refractivity contribution is -0.133. The molecule has 0 saturated carbocycles. The van der Waals surface area contributed by atoms with Crippen LogP contribution in [0.4, 0.5) is 0 Å². The van der Waals surface area contributed by atoms with Crippen LogP contribution in [-0.2, 0) is 20.7 Å². The Bertz CT molecular complexity index is 439. The Labute approximate surface area is 131 Å². The summed E-state index contributed by atoms with van der Waals surface area (Å²) in [5.41, 5.74) is 1.10. The lowest BCUT2D eigenvalue weighted by Crippen LogP contribution is -2.41. The van der Waals surface area contributed by atoms with E-state index in [9.17, 15) is 4.79 Å². The SMILES string of the molecule is CCOCCO[C@H](C)C(=O)N[C@@H](C)Cc1cccc(Cl)c1. The topological polar surface area (TPSA) is 47.6 Å². The summed E-state index contributed by atoms with van der Waals surface area (Å²) in [5, 5.41) is 3.65. The van der Waals surface area contributed by atoms with Crippen molar-refractivity contribution < 1.29 is 14.3 Å². The van der Waals surface area contributed by atoms with Crippen LogP contribution >= 0.6 is 11.6 Å². The number of carbonyl (C=O) groups excluding carboxylic acids is 1. The van der Waals surface area contributed by atoms with E-state index in [4.69, 9.17) is 21.1 Å². The molecule has 0 spiro atoms. The molecule has 5 heteroatoms. The van der Waals surface area contributed by atoms with Crippen molar-refractivity contribution in [2.75, 3.05) is 19.8 Å². The van der Waals surface area contributed by atoms with Crippen molar-refractivity contribution in [2.45, 2.75) is 39.3 Å². The van der Waals surface area contributed by atoms with E-state index in [-0.39, 0.29) is 11.9 Å². The van der Waals surface area contributed by atoms with Gasteiger partial charge in [0.2, 0.25) is 5.91 Å². The number of carbonyl (C=O) groups is 1. The summed E-state index contributed by atoms with van der Waals surface area (Å²) in [6.07, 6.45) is 0.255. The highest BCUT2D eigenvalue weighted by atomic mass is 35.5. The molecule has 0 fully saturated rings. The Kier molecular flexibility index (Phi) is 8.35. The summed E-state index contributed by atoms with van der Waals surface area (Å²) in [4.78, 5) is 12.0. The van der Waals surface area contributed by atoms with Crippen molar-refractivity contribution in [2.24, 2.45) is 0 Å². The van der Waals surface area contributed by atoms with Crippen molar-refractivity contribution in [1.82, 2.24) is 5.32 Å². The predicted octanol–water partition coefficient (Wildman–Crippen LogP) is 2.83. The first-order valence-electron chi connectivity index (χ1n) is 7.27. The number of nitrogens with one attached hydrogen (secondary N) is 1. The van der Waals surface area contributed by atoms with E-state index < -0.39 is 6.10 Å². The Hall–Kier alpha value is -1.10. The minimum atomic E-state index is -0.479. The molecule has 118 valence electrons. The second-order valence-corrected chi connectivity index (χ2v) is 5.39. The van der Waals surface area contributed by atoms with Gasteiger partial charge in [-0.3, -0.25) is 4.79 Å². The molecular weight excluding hydrogens is 290 g/mol. The first kappa shape index (κ1) is 18.0. The first-order chi connectivity index (χ1) is 10.0. The maximum absolute atomic E-state index is 12.0.